The zero-order chi connectivity index (χ0) is 17.9. The van der Waals surface area contributed by atoms with Gasteiger partial charge in [0.25, 0.3) is 5.91 Å². The predicted molar refractivity (Wildman–Crippen MR) is 98.6 cm³/mol. The average molecular weight is 339 g/mol. The molecule has 0 bridgehead atoms. The van der Waals surface area contributed by atoms with Crippen molar-refractivity contribution in [2.24, 2.45) is 5.41 Å². The summed E-state index contributed by atoms with van der Waals surface area (Å²) in [5.41, 5.74) is 3.66. The number of aromatic nitrogens is 1. The van der Waals surface area contributed by atoms with Crippen LogP contribution in [0.25, 0.3) is 0 Å². The summed E-state index contributed by atoms with van der Waals surface area (Å²) in [5.74, 6) is -0.116. The molecule has 1 N–H and O–H groups in total. The van der Waals surface area contributed by atoms with E-state index in [1.165, 1.54) is 0 Å². The predicted octanol–water partition coefficient (Wildman–Crippen LogP) is 3.11. The molecule has 0 radical (unpaired) electrons. The normalized spacial score (nSPS) is 15.7. The van der Waals surface area contributed by atoms with Crippen molar-refractivity contribution in [3.8, 4) is 0 Å². The summed E-state index contributed by atoms with van der Waals surface area (Å²) in [7, 11) is 2.11. The molecule has 1 aliphatic heterocycles. The Bertz CT molecular complexity index is 739. The molecule has 1 saturated heterocycles. The largest absolute Gasteiger partial charge is 0.380 e. The fourth-order valence-corrected chi connectivity index (χ4v) is 3.12. The van der Waals surface area contributed by atoms with Crippen molar-refractivity contribution in [1.82, 2.24) is 9.88 Å². The minimum Gasteiger partial charge on any atom is -0.380 e. The Morgan fingerprint density at radius 3 is 2.76 bits per heavy atom. The smallest absolute Gasteiger partial charge is 0.255 e. The molecule has 1 aromatic carbocycles. The molecule has 5 nitrogen and oxygen atoms in total. The van der Waals surface area contributed by atoms with Gasteiger partial charge in [0.15, 0.2) is 0 Å². The van der Waals surface area contributed by atoms with Crippen LogP contribution in [-0.2, 0) is 11.3 Å². The van der Waals surface area contributed by atoms with Gasteiger partial charge in [-0.05, 0) is 43.8 Å². The second kappa shape index (κ2) is 7.33. The highest BCUT2D eigenvalue weighted by Gasteiger charge is 2.34. The van der Waals surface area contributed by atoms with E-state index in [1.54, 1.807) is 6.20 Å². The molecule has 0 atom stereocenters. The number of amides is 1. The van der Waals surface area contributed by atoms with Gasteiger partial charge in [-0.1, -0.05) is 19.1 Å². The van der Waals surface area contributed by atoms with Crippen molar-refractivity contribution in [1.29, 1.82) is 0 Å². The lowest BCUT2D eigenvalue weighted by molar-refractivity contribution is -0.113. The van der Waals surface area contributed by atoms with Crippen LogP contribution >= 0.6 is 0 Å². The molecule has 5 heteroatoms. The van der Waals surface area contributed by atoms with E-state index in [-0.39, 0.29) is 11.3 Å². The third kappa shape index (κ3) is 4.65. The van der Waals surface area contributed by atoms with Crippen LogP contribution in [-0.4, -0.2) is 42.6 Å². The minimum absolute atomic E-state index is 0.116. The SMILES string of the molecule is Cc1ccc(NC(=O)c2cccc(CN(C)CC3(C)COC3)c2)cn1. The number of aryl methyl sites for hydroxylation is 1. The number of carbonyl (C=O) groups excluding carboxylic acids is 1. The Morgan fingerprint density at radius 2 is 2.12 bits per heavy atom. The monoisotopic (exact) mass is 339 g/mol. The van der Waals surface area contributed by atoms with E-state index < -0.39 is 0 Å². The standard InChI is InChI=1S/C20H25N3O2/c1-15-7-8-18(10-21-15)22-19(24)17-6-4-5-16(9-17)11-23(3)12-20(2)13-25-14-20/h4-10H,11-14H2,1-3H3,(H,22,24). The topological polar surface area (TPSA) is 54.5 Å². The Labute approximate surface area is 149 Å². The molecule has 1 fully saturated rings. The van der Waals surface area contributed by atoms with Crippen molar-refractivity contribution < 1.29 is 9.53 Å². The van der Waals surface area contributed by atoms with E-state index in [0.717, 1.165) is 37.6 Å². The van der Waals surface area contributed by atoms with Crippen LogP contribution in [0.4, 0.5) is 5.69 Å². The molecular formula is C20H25N3O2. The molecule has 0 spiro atoms. The van der Waals surface area contributed by atoms with E-state index in [9.17, 15) is 4.79 Å². The van der Waals surface area contributed by atoms with Crippen molar-refractivity contribution >= 4 is 11.6 Å². The summed E-state index contributed by atoms with van der Waals surface area (Å²) in [6, 6.07) is 11.5. The molecular weight excluding hydrogens is 314 g/mol. The number of benzene rings is 1. The molecule has 0 aliphatic carbocycles. The van der Waals surface area contributed by atoms with Crippen LogP contribution in [0.5, 0.6) is 0 Å². The zero-order valence-corrected chi connectivity index (χ0v) is 15.1. The van der Waals surface area contributed by atoms with Crippen LogP contribution in [0, 0.1) is 12.3 Å². The van der Waals surface area contributed by atoms with Crippen LogP contribution in [0.3, 0.4) is 0 Å². The van der Waals surface area contributed by atoms with E-state index in [2.05, 4.69) is 35.2 Å². The average Bonchev–Trinajstić information content (AvgIpc) is 2.55. The number of anilines is 1. The van der Waals surface area contributed by atoms with Crippen LogP contribution in [0.1, 0.15) is 28.5 Å². The Balaban J connectivity index is 1.62. The number of pyridine rings is 1. The van der Waals surface area contributed by atoms with E-state index in [0.29, 0.717) is 11.3 Å². The minimum atomic E-state index is -0.116. The fraction of sp³-hybridized carbons (Fsp3) is 0.400. The highest BCUT2D eigenvalue weighted by atomic mass is 16.5. The van der Waals surface area contributed by atoms with Gasteiger partial charge in [-0.3, -0.25) is 9.78 Å². The summed E-state index contributed by atoms with van der Waals surface area (Å²) in [5, 5.41) is 2.89. The fourth-order valence-electron chi connectivity index (χ4n) is 3.12. The molecule has 1 amide bonds. The van der Waals surface area contributed by atoms with Crippen molar-refractivity contribution in [3.05, 3.63) is 59.4 Å². The first-order valence-corrected chi connectivity index (χ1v) is 8.53. The first-order valence-electron chi connectivity index (χ1n) is 8.53. The molecule has 132 valence electrons. The maximum atomic E-state index is 12.5. The van der Waals surface area contributed by atoms with Gasteiger partial charge in [0.2, 0.25) is 0 Å². The second-order valence-electron chi connectivity index (χ2n) is 7.32. The van der Waals surface area contributed by atoms with Gasteiger partial charge < -0.3 is 15.0 Å². The molecule has 2 aromatic rings. The maximum Gasteiger partial charge on any atom is 0.255 e. The van der Waals surface area contributed by atoms with Crippen LogP contribution < -0.4 is 5.32 Å². The van der Waals surface area contributed by atoms with E-state index >= 15 is 0 Å². The van der Waals surface area contributed by atoms with Gasteiger partial charge in [-0.15, -0.1) is 0 Å². The molecule has 3 rings (SSSR count). The highest BCUT2D eigenvalue weighted by molar-refractivity contribution is 6.04. The highest BCUT2D eigenvalue weighted by Crippen LogP contribution is 2.27. The third-order valence-electron chi connectivity index (χ3n) is 4.36. The summed E-state index contributed by atoms with van der Waals surface area (Å²) < 4.78 is 5.32. The van der Waals surface area contributed by atoms with Crippen molar-refractivity contribution in [2.45, 2.75) is 20.4 Å². The van der Waals surface area contributed by atoms with Gasteiger partial charge in [-0.25, -0.2) is 0 Å². The number of rotatable bonds is 6. The maximum absolute atomic E-state index is 12.5. The number of carbonyl (C=O) groups is 1. The Morgan fingerprint density at radius 1 is 1.32 bits per heavy atom. The van der Waals surface area contributed by atoms with Crippen molar-refractivity contribution in [3.63, 3.8) is 0 Å². The Kier molecular flexibility index (Phi) is 5.16. The van der Waals surface area contributed by atoms with Gasteiger partial charge in [0, 0.05) is 29.8 Å². The molecule has 2 heterocycles. The molecule has 1 aromatic heterocycles. The second-order valence-corrected chi connectivity index (χ2v) is 7.32. The molecule has 25 heavy (non-hydrogen) atoms. The lowest BCUT2D eigenvalue weighted by Gasteiger charge is -2.40. The number of hydrogen-bond acceptors (Lipinski definition) is 4. The van der Waals surface area contributed by atoms with Gasteiger partial charge in [-0.2, -0.15) is 0 Å². The lowest BCUT2D eigenvalue weighted by atomic mass is 9.88. The number of ether oxygens (including phenoxy) is 1. The summed E-state index contributed by atoms with van der Waals surface area (Å²) in [6.07, 6.45) is 1.67. The van der Waals surface area contributed by atoms with E-state index in [4.69, 9.17) is 4.74 Å². The molecule has 0 saturated carbocycles. The van der Waals surface area contributed by atoms with Crippen LogP contribution in [0.2, 0.25) is 0 Å². The van der Waals surface area contributed by atoms with Gasteiger partial charge >= 0.3 is 0 Å². The first-order chi connectivity index (χ1) is 11.9. The van der Waals surface area contributed by atoms with Gasteiger partial charge in [0.1, 0.15) is 0 Å². The first kappa shape index (κ1) is 17.6. The summed E-state index contributed by atoms with van der Waals surface area (Å²) in [6.45, 7) is 7.60. The number of nitrogens with zero attached hydrogens (tertiary/aromatic N) is 2. The number of hydrogen-bond donors (Lipinski definition) is 1. The lowest BCUT2D eigenvalue weighted by Crippen LogP contribution is -2.47. The zero-order valence-electron chi connectivity index (χ0n) is 15.1. The van der Waals surface area contributed by atoms with Gasteiger partial charge in [0.05, 0.1) is 25.1 Å². The quantitative estimate of drug-likeness (QED) is 0.879. The summed E-state index contributed by atoms with van der Waals surface area (Å²) in [4.78, 5) is 18.9. The Hall–Kier alpha value is -2.24. The summed E-state index contributed by atoms with van der Waals surface area (Å²) >= 11 is 0. The number of nitrogens with one attached hydrogen (secondary N) is 1. The molecule has 0 unspecified atom stereocenters. The van der Waals surface area contributed by atoms with Crippen LogP contribution in [0.15, 0.2) is 42.6 Å². The van der Waals surface area contributed by atoms with E-state index in [1.807, 2.05) is 37.3 Å². The molecule has 1 aliphatic rings. The van der Waals surface area contributed by atoms with Crippen molar-refractivity contribution in [2.75, 3.05) is 32.1 Å². The third-order valence-corrected chi connectivity index (χ3v) is 4.36.